The van der Waals surface area contributed by atoms with Crippen molar-refractivity contribution in [3.63, 3.8) is 0 Å². The molecule has 0 bridgehead atoms. The molecule has 0 radical (unpaired) electrons. The number of aromatic nitrogens is 3. The third kappa shape index (κ3) is 4.34. The molecule has 6 heteroatoms. The zero-order valence-corrected chi connectivity index (χ0v) is 16.5. The lowest BCUT2D eigenvalue weighted by atomic mass is 10.0. The molecule has 0 aliphatic rings. The number of allylic oxidation sites excluding steroid dienone is 1. The van der Waals surface area contributed by atoms with E-state index in [4.69, 9.17) is 0 Å². The Labute approximate surface area is 165 Å². The van der Waals surface area contributed by atoms with Crippen LogP contribution >= 0.6 is 15.9 Å². The van der Waals surface area contributed by atoms with Crippen molar-refractivity contribution in [2.24, 2.45) is 0 Å². The number of hydrogen-bond donors (Lipinski definition) is 0. The van der Waals surface area contributed by atoms with E-state index in [1.165, 1.54) is 6.20 Å². The molecular weight excluding hydrogens is 409 g/mol. The molecule has 136 valence electrons. The lowest BCUT2D eigenvalue weighted by Crippen LogP contribution is -2.09. The fraction of sp³-hybridized carbons (Fsp3) is 0.143. The molecule has 0 atom stereocenters. The summed E-state index contributed by atoms with van der Waals surface area (Å²) in [6.07, 6.45) is 7.73. The summed E-state index contributed by atoms with van der Waals surface area (Å²) >= 11 is 3.43. The topological polar surface area (TPSA) is 55.7 Å². The average Bonchev–Trinajstić information content (AvgIpc) is 2.67. The second-order valence-corrected chi connectivity index (χ2v) is 6.91. The molecule has 0 amide bonds. The first-order valence-corrected chi connectivity index (χ1v) is 9.15. The van der Waals surface area contributed by atoms with Crippen LogP contribution in [-0.4, -0.2) is 20.7 Å². The fourth-order valence-corrected chi connectivity index (χ4v) is 2.98. The summed E-state index contributed by atoms with van der Waals surface area (Å²) in [4.78, 5) is 25.0. The van der Waals surface area contributed by atoms with Crippen LogP contribution < -0.4 is 0 Å². The van der Waals surface area contributed by atoms with E-state index in [0.717, 1.165) is 27.5 Å². The molecule has 0 saturated heterocycles. The van der Waals surface area contributed by atoms with Crippen molar-refractivity contribution in [1.82, 2.24) is 15.0 Å². The quantitative estimate of drug-likeness (QED) is 0.542. The van der Waals surface area contributed by atoms with Crippen molar-refractivity contribution in [3.05, 3.63) is 93.5 Å². The van der Waals surface area contributed by atoms with Gasteiger partial charge in [0.25, 0.3) is 0 Å². The molecule has 0 unspecified atom stereocenters. The lowest BCUT2D eigenvalue weighted by molar-refractivity contribution is 0.0990. The number of rotatable bonds is 5. The average molecular weight is 426 g/mol. The Morgan fingerprint density at radius 1 is 1.11 bits per heavy atom. The SMILES string of the molecule is C/C=C(/c1ccc(Br)cc1)c1cnc(CC(=O)c2cncc(F)c2C)cn1. The van der Waals surface area contributed by atoms with Gasteiger partial charge in [-0.15, -0.1) is 0 Å². The van der Waals surface area contributed by atoms with E-state index in [1.807, 2.05) is 37.3 Å². The third-order valence-electron chi connectivity index (χ3n) is 4.22. The van der Waals surface area contributed by atoms with Crippen molar-refractivity contribution >= 4 is 27.3 Å². The van der Waals surface area contributed by atoms with Crippen LogP contribution in [0.5, 0.6) is 0 Å². The van der Waals surface area contributed by atoms with E-state index in [2.05, 4.69) is 30.9 Å². The van der Waals surface area contributed by atoms with Crippen molar-refractivity contribution in [2.75, 3.05) is 0 Å². The van der Waals surface area contributed by atoms with E-state index in [9.17, 15) is 9.18 Å². The highest BCUT2D eigenvalue weighted by molar-refractivity contribution is 9.10. The molecule has 0 aliphatic carbocycles. The minimum absolute atomic E-state index is 0.0444. The lowest BCUT2D eigenvalue weighted by Gasteiger charge is -2.08. The monoisotopic (exact) mass is 425 g/mol. The number of Topliss-reactive ketones (excluding diaryl/α,β-unsaturated/α-hetero) is 1. The van der Waals surface area contributed by atoms with Crippen LogP contribution in [0, 0.1) is 12.7 Å². The first-order chi connectivity index (χ1) is 13.0. The van der Waals surface area contributed by atoms with Gasteiger partial charge in [0.05, 0.1) is 30.2 Å². The van der Waals surface area contributed by atoms with E-state index in [0.29, 0.717) is 11.3 Å². The minimum Gasteiger partial charge on any atom is -0.294 e. The van der Waals surface area contributed by atoms with Gasteiger partial charge in [-0.2, -0.15) is 0 Å². The highest BCUT2D eigenvalue weighted by Gasteiger charge is 2.14. The summed E-state index contributed by atoms with van der Waals surface area (Å²) in [5.74, 6) is -0.727. The molecule has 0 spiro atoms. The number of halogens is 2. The molecule has 1 aromatic carbocycles. The molecule has 0 N–H and O–H groups in total. The molecule has 2 heterocycles. The maximum atomic E-state index is 13.6. The Morgan fingerprint density at radius 3 is 2.48 bits per heavy atom. The summed E-state index contributed by atoms with van der Waals surface area (Å²) in [6.45, 7) is 3.51. The predicted octanol–water partition coefficient (Wildman–Crippen LogP) is 4.96. The van der Waals surface area contributed by atoms with Gasteiger partial charge < -0.3 is 0 Å². The molecule has 0 fully saturated rings. The minimum atomic E-state index is -0.491. The number of hydrogen-bond acceptors (Lipinski definition) is 4. The summed E-state index contributed by atoms with van der Waals surface area (Å²) in [6, 6.07) is 7.93. The standard InChI is InChI=1S/C21H17BrFN3O/c1-3-17(14-4-6-15(22)7-5-14)20-12-25-16(9-26-20)8-21(27)18-10-24-11-19(23)13(18)2/h3-7,9-12H,8H2,1-2H3/b17-3-. The molecular formula is C21H17BrFN3O. The predicted molar refractivity (Wildman–Crippen MR) is 106 cm³/mol. The maximum Gasteiger partial charge on any atom is 0.170 e. The van der Waals surface area contributed by atoms with Gasteiger partial charge in [0.2, 0.25) is 0 Å². The zero-order chi connectivity index (χ0) is 19.4. The molecule has 3 aromatic rings. The van der Waals surface area contributed by atoms with Crippen LogP contribution in [0.2, 0.25) is 0 Å². The molecule has 27 heavy (non-hydrogen) atoms. The van der Waals surface area contributed by atoms with E-state index >= 15 is 0 Å². The smallest absolute Gasteiger partial charge is 0.170 e. The summed E-state index contributed by atoms with van der Waals surface area (Å²) in [5, 5.41) is 0. The molecule has 0 saturated carbocycles. The highest BCUT2D eigenvalue weighted by Crippen LogP contribution is 2.23. The Bertz CT molecular complexity index is 999. The van der Waals surface area contributed by atoms with Gasteiger partial charge in [-0.1, -0.05) is 34.1 Å². The largest absolute Gasteiger partial charge is 0.294 e. The Morgan fingerprint density at radius 2 is 1.85 bits per heavy atom. The number of nitrogens with zero attached hydrogens (tertiary/aromatic N) is 3. The summed E-state index contributed by atoms with van der Waals surface area (Å²) in [5.41, 5.74) is 3.80. The van der Waals surface area contributed by atoms with Crippen molar-refractivity contribution in [2.45, 2.75) is 20.3 Å². The van der Waals surface area contributed by atoms with Crippen LogP contribution in [0.15, 0.2) is 59.6 Å². The van der Waals surface area contributed by atoms with Crippen LogP contribution in [0.25, 0.3) is 5.57 Å². The molecule has 4 nitrogen and oxygen atoms in total. The van der Waals surface area contributed by atoms with Gasteiger partial charge in [-0.25, -0.2) is 4.39 Å². The van der Waals surface area contributed by atoms with Crippen LogP contribution in [0.3, 0.4) is 0 Å². The normalized spacial score (nSPS) is 11.5. The summed E-state index contributed by atoms with van der Waals surface area (Å²) in [7, 11) is 0. The third-order valence-corrected chi connectivity index (χ3v) is 4.75. The maximum absolute atomic E-state index is 13.6. The van der Waals surface area contributed by atoms with Crippen LogP contribution in [-0.2, 0) is 6.42 Å². The van der Waals surface area contributed by atoms with Gasteiger partial charge in [-0.3, -0.25) is 19.7 Å². The van der Waals surface area contributed by atoms with Gasteiger partial charge in [-0.05, 0) is 37.1 Å². The van der Waals surface area contributed by atoms with Crippen molar-refractivity contribution in [1.29, 1.82) is 0 Å². The first-order valence-electron chi connectivity index (χ1n) is 8.36. The second kappa shape index (κ2) is 8.31. The van der Waals surface area contributed by atoms with E-state index in [1.54, 1.807) is 19.3 Å². The van der Waals surface area contributed by atoms with Crippen molar-refractivity contribution < 1.29 is 9.18 Å². The van der Waals surface area contributed by atoms with Crippen molar-refractivity contribution in [3.8, 4) is 0 Å². The zero-order valence-electron chi connectivity index (χ0n) is 14.9. The highest BCUT2D eigenvalue weighted by atomic mass is 79.9. The van der Waals surface area contributed by atoms with Gasteiger partial charge in [0.15, 0.2) is 5.78 Å². The Balaban J connectivity index is 1.79. The van der Waals surface area contributed by atoms with Crippen LogP contribution in [0.4, 0.5) is 4.39 Å². The number of benzene rings is 1. The summed E-state index contributed by atoms with van der Waals surface area (Å²) < 4.78 is 14.6. The molecule has 3 rings (SSSR count). The molecule has 0 aliphatic heterocycles. The van der Waals surface area contributed by atoms with Crippen LogP contribution in [0.1, 0.15) is 39.8 Å². The van der Waals surface area contributed by atoms with Gasteiger partial charge in [0, 0.05) is 28.0 Å². The molecule has 2 aromatic heterocycles. The van der Waals surface area contributed by atoms with Gasteiger partial charge in [0.1, 0.15) is 5.82 Å². The van der Waals surface area contributed by atoms with E-state index in [-0.39, 0.29) is 17.8 Å². The van der Waals surface area contributed by atoms with E-state index < -0.39 is 5.82 Å². The Hall–Kier alpha value is -2.73. The number of pyridine rings is 1. The number of carbonyl (C=O) groups is 1. The second-order valence-electron chi connectivity index (χ2n) is 6.00. The van der Waals surface area contributed by atoms with Gasteiger partial charge >= 0.3 is 0 Å². The fourth-order valence-electron chi connectivity index (χ4n) is 2.72. The number of carbonyl (C=O) groups excluding carboxylic acids is 1. The Kier molecular flexibility index (Phi) is 5.86. The number of ketones is 1. The first kappa shape index (κ1) is 19.0.